The van der Waals surface area contributed by atoms with Gasteiger partial charge in [0.2, 0.25) is 0 Å². The van der Waals surface area contributed by atoms with E-state index in [1.807, 2.05) is 0 Å². The van der Waals surface area contributed by atoms with E-state index < -0.39 is 15.8 Å². The van der Waals surface area contributed by atoms with Crippen molar-refractivity contribution in [2.75, 3.05) is 0 Å². The van der Waals surface area contributed by atoms with Crippen molar-refractivity contribution in [1.29, 1.82) is 0 Å². The van der Waals surface area contributed by atoms with Gasteiger partial charge in [-0.1, -0.05) is 171 Å². The summed E-state index contributed by atoms with van der Waals surface area (Å²) < 4.78 is 0. The molecule has 190 valence electrons. The van der Waals surface area contributed by atoms with Crippen LogP contribution < -0.4 is 21.2 Å². The minimum atomic E-state index is -0.701. The van der Waals surface area contributed by atoms with Crippen LogP contribution in [0.1, 0.15) is 6.92 Å². The molecule has 0 fully saturated rings. The second kappa shape index (κ2) is 12.0. The van der Waals surface area contributed by atoms with Crippen LogP contribution in [-0.2, 0) is 0 Å². The van der Waals surface area contributed by atoms with Crippen LogP contribution in [0.25, 0.3) is 0 Å². The summed E-state index contributed by atoms with van der Waals surface area (Å²) in [5, 5.41) is 5.59. The maximum absolute atomic E-state index is 2.42. The lowest BCUT2D eigenvalue weighted by Crippen LogP contribution is -2.22. The molecule has 1 atom stereocenters. The van der Waals surface area contributed by atoms with Crippen molar-refractivity contribution in [2.24, 2.45) is 0 Å². The van der Waals surface area contributed by atoms with Crippen LogP contribution in [0.5, 0.6) is 0 Å². The lowest BCUT2D eigenvalue weighted by molar-refractivity contribution is 1.13. The third-order valence-electron chi connectivity index (χ3n) is 7.22. The molecule has 4 aromatic carbocycles. The molecule has 0 aromatic heterocycles. The molecule has 2 aliphatic rings. The number of benzene rings is 4. The van der Waals surface area contributed by atoms with Gasteiger partial charge in [0.1, 0.15) is 0 Å². The van der Waals surface area contributed by atoms with Crippen molar-refractivity contribution in [3.05, 3.63) is 186 Å². The Hall–Kier alpha value is -3.69. The van der Waals surface area contributed by atoms with E-state index in [1.165, 1.54) is 43.6 Å². The summed E-state index contributed by atoms with van der Waals surface area (Å²) in [6, 6.07) is 44.2. The predicted octanol–water partition coefficient (Wildman–Crippen LogP) is 8.09. The first-order valence-corrected chi connectivity index (χ1v) is 16.2. The normalized spacial score (nSPS) is 17.2. The average molecular weight is 538 g/mol. The number of allylic oxidation sites excluding steroid dienone is 10. The minimum absolute atomic E-state index is 0.363. The van der Waals surface area contributed by atoms with Gasteiger partial charge in [-0.05, 0) is 29.1 Å². The average Bonchev–Trinajstić information content (AvgIpc) is 3.50. The van der Waals surface area contributed by atoms with Crippen LogP contribution in [0.3, 0.4) is 0 Å². The molecule has 0 saturated carbocycles. The van der Waals surface area contributed by atoms with Gasteiger partial charge < -0.3 is 0 Å². The summed E-state index contributed by atoms with van der Waals surface area (Å²) in [4.78, 5) is 0. The van der Waals surface area contributed by atoms with Gasteiger partial charge in [-0.2, -0.15) is 0 Å². The SMILES string of the molecule is CC(C1=CC=C/C1=C1/C=CC=C[C-]1P(c1ccccc1)c1ccccc1)P(c1ccccc1)c1ccccc1. The topological polar surface area (TPSA) is 0 Å². The Balaban J connectivity index is 1.45. The second-order valence-corrected chi connectivity index (χ2v) is 14.4. The lowest BCUT2D eigenvalue weighted by Gasteiger charge is -2.38. The summed E-state index contributed by atoms with van der Waals surface area (Å²) >= 11 is 0. The molecule has 2 aliphatic carbocycles. The maximum Gasteiger partial charge on any atom is 0.00131 e. The van der Waals surface area contributed by atoms with Gasteiger partial charge in [-0.25, -0.2) is 0 Å². The zero-order valence-corrected chi connectivity index (χ0v) is 23.8. The summed E-state index contributed by atoms with van der Waals surface area (Å²) in [6.45, 7) is 2.42. The first-order valence-electron chi connectivity index (χ1n) is 13.5. The fraction of sp³-hybridized carbons (Fsp3) is 0.0541. The molecular formula is C37H31P2-. The van der Waals surface area contributed by atoms with Gasteiger partial charge in [0.15, 0.2) is 0 Å². The first kappa shape index (κ1) is 25.6. The molecule has 0 saturated heterocycles. The van der Waals surface area contributed by atoms with Gasteiger partial charge in [0.05, 0.1) is 0 Å². The van der Waals surface area contributed by atoms with E-state index in [4.69, 9.17) is 0 Å². The highest BCUT2D eigenvalue weighted by Gasteiger charge is 2.28. The van der Waals surface area contributed by atoms with Crippen LogP contribution in [-0.4, -0.2) is 5.66 Å². The fourth-order valence-electron chi connectivity index (χ4n) is 5.43. The number of hydrogen-bond acceptors (Lipinski definition) is 0. The van der Waals surface area contributed by atoms with Gasteiger partial charge in [0.25, 0.3) is 0 Å². The Kier molecular flexibility index (Phi) is 7.87. The monoisotopic (exact) mass is 537 g/mol. The molecule has 0 bridgehead atoms. The van der Waals surface area contributed by atoms with Crippen LogP contribution in [0.15, 0.2) is 181 Å². The van der Waals surface area contributed by atoms with Crippen molar-refractivity contribution >= 4 is 37.1 Å². The van der Waals surface area contributed by atoms with E-state index in [0.717, 1.165) is 0 Å². The van der Waals surface area contributed by atoms with Gasteiger partial charge in [-0.15, -0.1) is 29.9 Å². The molecule has 0 aliphatic heterocycles. The van der Waals surface area contributed by atoms with Crippen molar-refractivity contribution < 1.29 is 0 Å². The van der Waals surface area contributed by atoms with E-state index in [9.17, 15) is 0 Å². The standard InChI is InChI=1S/C37H31P2/c1-29(38(30-17-6-2-7-18-30)31-19-8-3-9-20-31)34-26-16-27-35(34)36-25-14-15-28-37(36)39(32-21-10-4-11-22-32)33-23-12-5-13-24-33/h2-29H,1H3/q-1/b36-35+. The third kappa shape index (κ3) is 5.42. The Morgan fingerprint density at radius 2 is 1.03 bits per heavy atom. The minimum Gasteiger partial charge on any atom is -0.145 e. The van der Waals surface area contributed by atoms with Crippen molar-refractivity contribution in [3.63, 3.8) is 0 Å². The van der Waals surface area contributed by atoms with Crippen LogP contribution in [0.4, 0.5) is 0 Å². The Labute approximate surface area is 235 Å². The van der Waals surface area contributed by atoms with Crippen molar-refractivity contribution in [3.8, 4) is 0 Å². The zero-order valence-electron chi connectivity index (χ0n) is 22.1. The smallest absolute Gasteiger partial charge is 0.00131 e. The van der Waals surface area contributed by atoms with Crippen LogP contribution >= 0.6 is 15.8 Å². The Morgan fingerprint density at radius 3 is 1.54 bits per heavy atom. The summed E-state index contributed by atoms with van der Waals surface area (Å²) in [6.07, 6.45) is 16.0. The summed E-state index contributed by atoms with van der Waals surface area (Å²) in [7, 11) is -1.28. The second-order valence-electron chi connectivity index (χ2n) is 9.64. The van der Waals surface area contributed by atoms with E-state index in [1.54, 1.807) is 0 Å². The molecule has 0 heterocycles. The van der Waals surface area contributed by atoms with Gasteiger partial charge >= 0.3 is 0 Å². The Morgan fingerprint density at radius 1 is 0.538 bits per heavy atom. The third-order valence-corrected chi connectivity index (χ3v) is 12.5. The molecule has 0 amide bonds. The van der Waals surface area contributed by atoms with E-state index in [2.05, 4.69) is 171 Å². The van der Waals surface area contributed by atoms with E-state index in [-0.39, 0.29) is 0 Å². The molecule has 2 heteroatoms. The number of hydrogen-bond donors (Lipinski definition) is 0. The molecule has 1 unspecified atom stereocenters. The summed E-state index contributed by atoms with van der Waals surface area (Å²) in [5.41, 5.74) is 5.91. The Bertz CT molecular complexity index is 1470. The highest BCUT2D eigenvalue weighted by molar-refractivity contribution is 7.76. The molecule has 0 radical (unpaired) electrons. The van der Waals surface area contributed by atoms with Gasteiger partial charge in [-0.3, -0.25) is 0 Å². The van der Waals surface area contributed by atoms with Crippen molar-refractivity contribution in [2.45, 2.75) is 12.6 Å². The van der Waals surface area contributed by atoms with E-state index >= 15 is 0 Å². The highest BCUT2D eigenvalue weighted by Crippen LogP contribution is 2.54. The van der Waals surface area contributed by atoms with E-state index in [0.29, 0.717) is 5.66 Å². The largest absolute Gasteiger partial charge is 0.145 e. The fourth-order valence-corrected chi connectivity index (χ4v) is 10.6. The highest BCUT2D eigenvalue weighted by atomic mass is 31.1. The van der Waals surface area contributed by atoms with Crippen LogP contribution in [0, 0.1) is 5.66 Å². The molecular weight excluding hydrogens is 506 g/mol. The molecule has 0 nitrogen and oxygen atoms in total. The van der Waals surface area contributed by atoms with Gasteiger partial charge in [0, 0.05) is 5.66 Å². The lowest BCUT2D eigenvalue weighted by atomic mass is 9.95. The quantitative estimate of drug-likeness (QED) is 0.165. The zero-order chi connectivity index (χ0) is 26.4. The summed E-state index contributed by atoms with van der Waals surface area (Å²) in [5.74, 6) is 0. The predicted molar refractivity (Wildman–Crippen MR) is 173 cm³/mol. The maximum atomic E-state index is 2.42. The first-order chi connectivity index (χ1) is 19.3. The van der Waals surface area contributed by atoms with Crippen LogP contribution in [0.2, 0.25) is 0 Å². The molecule has 39 heavy (non-hydrogen) atoms. The molecule has 0 N–H and O–H groups in total. The van der Waals surface area contributed by atoms with Crippen molar-refractivity contribution in [1.82, 2.24) is 0 Å². The number of rotatable bonds is 7. The molecule has 6 rings (SSSR count). The molecule has 0 spiro atoms. The molecule has 4 aromatic rings.